The van der Waals surface area contributed by atoms with Gasteiger partial charge in [-0.1, -0.05) is 74.7 Å². The highest BCUT2D eigenvalue weighted by Gasteiger charge is 2.18. The number of unbranched alkanes of at least 4 members (excludes halogenated alkanes) is 2. The van der Waals surface area contributed by atoms with Crippen LogP contribution in [0.3, 0.4) is 0 Å². The summed E-state index contributed by atoms with van der Waals surface area (Å²) < 4.78 is 10.5. The van der Waals surface area contributed by atoms with Crippen LogP contribution in [0.5, 0.6) is 0 Å². The van der Waals surface area contributed by atoms with Crippen molar-refractivity contribution in [2.45, 2.75) is 58.4 Å². The third kappa shape index (κ3) is 9.01. The summed E-state index contributed by atoms with van der Waals surface area (Å²) in [5.74, 6) is -0.254. The number of carbonyl (C=O) groups excluding carboxylic acids is 2. The van der Waals surface area contributed by atoms with Crippen LogP contribution in [0.15, 0.2) is 48.5 Å². The van der Waals surface area contributed by atoms with Crippen molar-refractivity contribution in [2.24, 2.45) is 0 Å². The van der Waals surface area contributed by atoms with Gasteiger partial charge in [-0.2, -0.15) is 0 Å². The highest BCUT2D eigenvalue weighted by Crippen LogP contribution is 2.26. The van der Waals surface area contributed by atoms with E-state index in [9.17, 15) is 9.59 Å². The molecular formula is C25H32ClNO4. The van der Waals surface area contributed by atoms with Crippen molar-refractivity contribution in [1.82, 2.24) is 5.32 Å². The number of hydrogen-bond donors (Lipinski definition) is 1. The molecule has 1 amide bonds. The molecule has 31 heavy (non-hydrogen) atoms. The number of nitrogens with one attached hydrogen (secondary N) is 1. The fraction of sp³-hybridized carbons (Fsp3) is 0.440. The van der Waals surface area contributed by atoms with Crippen molar-refractivity contribution in [3.63, 3.8) is 0 Å². The van der Waals surface area contributed by atoms with Crippen LogP contribution in [0, 0.1) is 0 Å². The van der Waals surface area contributed by atoms with Crippen LogP contribution in [-0.4, -0.2) is 25.3 Å². The average molecular weight is 446 g/mol. The van der Waals surface area contributed by atoms with Gasteiger partial charge in [-0.15, -0.1) is 0 Å². The Bertz CT molecular complexity index is 823. The third-order valence-electron chi connectivity index (χ3n) is 4.89. The molecule has 1 atom stereocenters. The minimum Gasteiger partial charge on any atom is -0.466 e. The first-order valence-corrected chi connectivity index (χ1v) is 11.4. The summed E-state index contributed by atoms with van der Waals surface area (Å²) >= 11 is 6.10. The zero-order valence-electron chi connectivity index (χ0n) is 18.4. The zero-order valence-corrected chi connectivity index (χ0v) is 19.1. The van der Waals surface area contributed by atoms with E-state index in [-0.39, 0.29) is 18.4 Å². The molecule has 1 N–H and O–H groups in total. The molecule has 0 radical (unpaired) electrons. The first kappa shape index (κ1) is 24.7. The molecule has 2 aromatic rings. The second kappa shape index (κ2) is 13.7. The molecule has 0 aromatic heterocycles. The van der Waals surface area contributed by atoms with Crippen LogP contribution in [0.4, 0.5) is 4.79 Å². The van der Waals surface area contributed by atoms with Crippen LogP contribution in [0.25, 0.3) is 11.1 Å². The number of hydrogen-bond acceptors (Lipinski definition) is 4. The quantitative estimate of drug-likeness (QED) is 0.291. The molecule has 0 fully saturated rings. The standard InChI is InChI=1S/C25H32ClNO4/c1-3-5-16-30-24(28)15-14-23(27-25(29)31-17-6-4-2)20-12-10-19(11-13-20)21-8-7-9-22(26)18-21/h7-13,18,23H,3-6,14-17H2,1-2H3,(H,27,29). The third-order valence-corrected chi connectivity index (χ3v) is 5.13. The van der Waals surface area contributed by atoms with E-state index in [2.05, 4.69) is 5.32 Å². The molecule has 0 aliphatic carbocycles. The normalized spacial score (nSPS) is 11.6. The molecule has 0 bridgehead atoms. The molecule has 0 aliphatic heterocycles. The number of benzene rings is 2. The molecule has 5 nitrogen and oxygen atoms in total. The van der Waals surface area contributed by atoms with E-state index in [0.29, 0.717) is 24.7 Å². The molecule has 6 heteroatoms. The lowest BCUT2D eigenvalue weighted by Crippen LogP contribution is -2.30. The van der Waals surface area contributed by atoms with Gasteiger partial charge in [0.25, 0.3) is 0 Å². The van der Waals surface area contributed by atoms with E-state index >= 15 is 0 Å². The van der Waals surface area contributed by atoms with Gasteiger partial charge >= 0.3 is 12.1 Å². The number of ether oxygens (including phenoxy) is 2. The van der Waals surface area contributed by atoms with Gasteiger partial charge in [0.15, 0.2) is 0 Å². The van der Waals surface area contributed by atoms with E-state index in [1.165, 1.54) is 0 Å². The first-order valence-electron chi connectivity index (χ1n) is 11.0. The number of halogens is 1. The molecular weight excluding hydrogens is 414 g/mol. The van der Waals surface area contributed by atoms with Crippen molar-refractivity contribution in [3.8, 4) is 11.1 Å². The maximum atomic E-state index is 12.2. The van der Waals surface area contributed by atoms with Crippen LogP contribution in [0.2, 0.25) is 5.02 Å². The van der Waals surface area contributed by atoms with Gasteiger partial charge in [0.05, 0.1) is 19.3 Å². The Morgan fingerprint density at radius 1 is 0.935 bits per heavy atom. The lowest BCUT2D eigenvalue weighted by atomic mass is 9.98. The lowest BCUT2D eigenvalue weighted by molar-refractivity contribution is -0.144. The highest BCUT2D eigenvalue weighted by molar-refractivity contribution is 6.30. The van der Waals surface area contributed by atoms with E-state index in [4.69, 9.17) is 21.1 Å². The topological polar surface area (TPSA) is 64.6 Å². The van der Waals surface area contributed by atoms with E-state index in [0.717, 1.165) is 42.4 Å². The molecule has 1 unspecified atom stereocenters. The predicted molar refractivity (Wildman–Crippen MR) is 124 cm³/mol. The maximum absolute atomic E-state index is 12.2. The maximum Gasteiger partial charge on any atom is 0.407 e. The second-order valence-corrected chi connectivity index (χ2v) is 7.87. The Morgan fingerprint density at radius 3 is 2.26 bits per heavy atom. The van der Waals surface area contributed by atoms with Crippen LogP contribution in [0.1, 0.15) is 64.0 Å². The van der Waals surface area contributed by atoms with Crippen molar-refractivity contribution in [2.75, 3.05) is 13.2 Å². The van der Waals surface area contributed by atoms with Crippen molar-refractivity contribution >= 4 is 23.7 Å². The van der Waals surface area contributed by atoms with Gasteiger partial charge in [-0.05, 0) is 48.1 Å². The Labute approximate surface area is 190 Å². The number of alkyl carbamates (subject to hydrolysis) is 1. The smallest absolute Gasteiger partial charge is 0.407 e. The summed E-state index contributed by atoms with van der Waals surface area (Å²) in [4.78, 5) is 24.3. The molecule has 0 saturated carbocycles. The van der Waals surface area contributed by atoms with E-state index in [1.54, 1.807) is 0 Å². The lowest BCUT2D eigenvalue weighted by Gasteiger charge is -2.19. The number of amides is 1. The van der Waals surface area contributed by atoms with E-state index in [1.807, 2.05) is 62.4 Å². The molecule has 0 heterocycles. The fourth-order valence-electron chi connectivity index (χ4n) is 3.06. The van der Waals surface area contributed by atoms with Crippen molar-refractivity contribution < 1.29 is 19.1 Å². The summed E-state index contributed by atoms with van der Waals surface area (Å²) in [6.45, 7) is 4.89. The van der Waals surface area contributed by atoms with Gasteiger partial charge in [0.2, 0.25) is 0 Å². The number of esters is 1. The SMILES string of the molecule is CCCCOC(=O)CCC(NC(=O)OCCCC)c1ccc(-c2cccc(Cl)c2)cc1. The summed E-state index contributed by atoms with van der Waals surface area (Å²) in [5, 5.41) is 3.57. The minimum atomic E-state index is -0.475. The second-order valence-electron chi connectivity index (χ2n) is 7.43. The monoisotopic (exact) mass is 445 g/mol. The van der Waals surface area contributed by atoms with Gasteiger partial charge in [0, 0.05) is 11.4 Å². The summed E-state index contributed by atoms with van der Waals surface area (Å²) in [5.41, 5.74) is 2.94. The largest absolute Gasteiger partial charge is 0.466 e. The summed E-state index contributed by atoms with van der Waals surface area (Å²) in [6.07, 6.45) is 3.77. The molecule has 2 aromatic carbocycles. The molecule has 0 aliphatic rings. The summed E-state index contributed by atoms with van der Waals surface area (Å²) in [7, 11) is 0. The van der Waals surface area contributed by atoms with Gasteiger partial charge in [-0.25, -0.2) is 4.79 Å². The molecule has 2 rings (SSSR count). The van der Waals surface area contributed by atoms with E-state index < -0.39 is 6.09 Å². The van der Waals surface area contributed by atoms with Crippen LogP contribution in [-0.2, 0) is 14.3 Å². The van der Waals surface area contributed by atoms with Crippen molar-refractivity contribution in [3.05, 3.63) is 59.1 Å². The first-order chi connectivity index (χ1) is 15.0. The van der Waals surface area contributed by atoms with Crippen LogP contribution >= 0.6 is 11.6 Å². The van der Waals surface area contributed by atoms with Gasteiger partial charge in [0.1, 0.15) is 0 Å². The molecule has 0 saturated heterocycles. The number of rotatable bonds is 12. The Kier molecular flexibility index (Phi) is 10.9. The fourth-order valence-corrected chi connectivity index (χ4v) is 3.25. The molecule has 0 spiro atoms. The Morgan fingerprint density at radius 2 is 1.61 bits per heavy atom. The summed E-state index contributed by atoms with van der Waals surface area (Å²) in [6, 6.07) is 15.2. The predicted octanol–water partition coefficient (Wildman–Crippen LogP) is 6.70. The van der Waals surface area contributed by atoms with Gasteiger partial charge in [-0.3, -0.25) is 4.79 Å². The minimum absolute atomic E-state index is 0.222. The van der Waals surface area contributed by atoms with Crippen molar-refractivity contribution in [1.29, 1.82) is 0 Å². The Balaban J connectivity index is 2.07. The average Bonchev–Trinajstić information content (AvgIpc) is 2.77. The number of carbonyl (C=O) groups is 2. The Hall–Kier alpha value is -2.53. The molecule has 168 valence electrons. The zero-order chi connectivity index (χ0) is 22.5. The van der Waals surface area contributed by atoms with Gasteiger partial charge < -0.3 is 14.8 Å². The van der Waals surface area contributed by atoms with Crippen LogP contribution < -0.4 is 5.32 Å². The highest BCUT2D eigenvalue weighted by atomic mass is 35.5.